The molecule has 1 saturated carbocycles. The molecular weight excluding hydrogens is 385 g/mol. The first-order valence-corrected chi connectivity index (χ1v) is 9.91. The number of furan rings is 1. The van der Waals surface area contributed by atoms with Gasteiger partial charge in [-0.1, -0.05) is 23.1 Å². The van der Waals surface area contributed by atoms with E-state index in [2.05, 4.69) is 29.5 Å². The molecule has 3 aromatic rings. The Morgan fingerprint density at radius 2 is 1.97 bits per heavy atom. The van der Waals surface area contributed by atoms with Crippen LogP contribution in [0.25, 0.3) is 11.0 Å². The van der Waals surface area contributed by atoms with Gasteiger partial charge in [-0.2, -0.15) is 12.8 Å². The van der Waals surface area contributed by atoms with Gasteiger partial charge in [-0.3, -0.25) is 9.78 Å². The number of amides is 2. The van der Waals surface area contributed by atoms with Gasteiger partial charge in [-0.25, -0.2) is 0 Å². The van der Waals surface area contributed by atoms with Crippen LogP contribution >= 0.6 is 0 Å². The summed E-state index contributed by atoms with van der Waals surface area (Å²) >= 11 is 0. The molecule has 158 valence electrons. The van der Waals surface area contributed by atoms with Crippen molar-refractivity contribution < 1.29 is 32.9 Å². The third kappa shape index (κ3) is 6.22. The molecule has 1 fully saturated rings. The predicted molar refractivity (Wildman–Crippen MR) is 117 cm³/mol. The number of benzene rings is 1. The molecule has 2 aromatic heterocycles. The Bertz CT molecular complexity index is 964. The number of carbonyl (C=O) groups is 1. The first kappa shape index (κ1) is 24.7. The van der Waals surface area contributed by atoms with Crippen molar-refractivity contribution >= 4 is 29.0 Å². The Kier molecular flexibility index (Phi) is 8.91. The summed E-state index contributed by atoms with van der Waals surface area (Å²) in [7, 11) is 0. The van der Waals surface area contributed by atoms with Crippen molar-refractivity contribution in [2.24, 2.45) is 11.3 Å². The first-order chi connectivity index (χ1) is 14.5. The van der Waals surface area contributed by atoms with Crippen LogP contribution in [0.2, 0.25) is 0 Å². The second kappa shape index (κ2) is 11.2. The molecule has 2 heterocycles. The minimum absolute atomic E-state index is 0. The van der Waals surface area contributed by atoms with Gasteiger partial charge in [-0.05, 0) is 31.4 Å². The summed E-state index contributed by atoms with van der Waals surface area (Å²) in [6.07, 6.45) is 7.77. The standard InChI is InChI=1S/C16H18N2O2.C8H8NO.Li/c1-3-16(4-2)8-12(16)9-18-15(19)13-7-11-5-6-17-10-14(11)20-13;1-7-2-4-8(5-3-7)9-6-10;/h5-7,10,12H,1-4,8-9H2,(H,18,19);2-5H,1H3,(H,9,10);/q-2;-1;+1. The molecule has 0 radical (unpaired) electrons. The van der Waals surface area contributed by atoms with Crippen LogP contribution in [0.5, 0.6) is 0 Å². The molecule has 2 N–H and O–H groups in total. The van der Waals surface area contributed by atoms with Gasteiger partial charge in [0.1, 0.15) is 0 Å². The second-order valence-electron chi connectivity index (χ2n) is 7.59. The summed E-state index contributed by atoms with van der Waals surface area (Å²) in [6, 6.07) is 11.1. The van der Waals surface area contributed by atoms with Gasteiger partial charge in [0.25, 0.3) is 5.91 Å². The summed E-state index contributed by atoms with van der Waals surface area (Å²) in [5.74, 6) is 0.658. The monoisotopic (exact) mass is 411 g/mol. The molecule has 1 aliphatic rings. The number of rotatable bonds is 7. The number of aromatic nitrogens is 1. The maximum absolute atomic E-state index is 12.1. The van der Waals surface area contributed by atoms with Gasteiger partial charge >= 0.3 is 18.9 Å². The van der Waals surface area contributed by atoms with Crippen molar-refractivity contribution in [1.82, 2.24) is 10.3 Å². The maximum Gasteiger partial charge on any atom is 1.00 e. The van der Waals surface area contributed by atoms with E-state index in [9.17, 15) is 9.59 Å². The SMILES string of the molecule is Cc1ccc(N[C-]=O)cc1.[CH2-]CC1(C[CH2-])CC1CNC(=O)c1cc2ccncc2o1.[Li+]. The van der Waals surface area contributed by atoms with Crippen molar-refractivity contribution in [2.75, 3.05) is 11.9 Å². The topological polar surface area (TPSA) is 84.2 Å². The van der Waals surface area contributed by atoms with E-state index in [0.29, 0.717) is 23.8 Å². The second-order valence-corrected chi connectivity index (χ2v) is 7.59. The van der Waals surface area contributed by atoms with Crippen LogP contribution in [0.4, 0.5) is 5.69 Å². The molecule has 1 aromatic carbocycles. The van der Waals surface area contributed by atoms with Crippen LogP contribution in [-0.4, -0.2) is 23.8 Å². The van der Waals surface area contributed by atoms with Crippen LogP contribution < -0.4 is 29.5 Å². The van der Waals surface area contributed by atoms with E-state index in [-0.39, 0.29) is 30.2 Å². The smallest absolute Gasteiger partial charge is 0.490 e. The first-order valence-electron chi connectivity index (χ1n) is 9.91. The van der Waals surface area contributed by atoms with Crippen molar-refractivity contribution in [2.45, 2.75) is 26.2 Å². The van der Waals surface area contributed by atoms with Gasteiger partial charge < -0.3 is 33.7 Å². The van der Waals surface area contributed by atoms with Gasteiger partial charge in [0.05, 0.1) is 12.6 Å². The fraction of sp³-hybridized carbons (Fsp3) is 0.292. The normalized spacial score (nSPS) is 15.8. The number of hydrogen-bond acceptors (Lipinski definition) is 4. The predicted octanol–water partition coefficient (Wildman–Crippen LogP) is 1.49. The third-order valence-corrected chi connectivity index (χ3v) is 5.66. The minimum atomic E-state index is -0.171. The van der Waals surface area contributed by atoms with Gasteiger partial charge in [-0.15, -0.1) is 17.8 Å². The Balaban J connectivity index is 0.000000264. The summed E-state index contributed by atoms with van der Waals surface area (Å²) in [5.41, 5.74) is 2.83. The number of fused-ring (bicyclic) bond motifs is 1. The molecular formula is C24H26LiN3O3-2. The molecule has 31 heavy (non-hydrogen) atoms. The minimum Gasteiger partial charge on any atom is -0.490 e. The zero-order chi connectivity index (χ0) is 21.6. The molecule has 1 atom stereocenters. The van der Waals surface area contributed by atoms with E-state index in [1.54, 1.807) is 24.9 Å². The molecule has 2 amide bonds. The van der Waals surface area contributed by atoms with Gasteiger partial charge in [0, 0.05) is 18.1 Å². The average Bonchev–Trinajstić information content (AvgIpc) is 3.31. The zero-order valence-corrected chi connectivity index (χ0v) is 18.1. The summed E-state index contributed by atoms with van der Waals surface area (Å²) < 4.78 is 5.49. The fourth-order valence-corrected chi connectivity index (χ4v) is 3.45. The molecule has 7 heteroatoms. The van der Waals surface area contributed by atoms with Crippen LogP contribution in [0.15, 0.2) is 53.2 Å². The third-order valence-electron chi connectivity index (χ3n) is 5.66. The van der Waals surface area contributed by atoms with Gasteiger partial charge in [0.2, 0.25) is 0 Å². The Hall–Kier alpha value is -2.55. The molecule has 0 saturated heterocycles. The Labute approximate surface area is 195 Å². The van der Waals surface area contributed by atoms with Crippen molar-refractivity contribution in [1.29, 1.82) is 0 Å². The zero-order valence-electron chi connectivity index (χ0n) is 18.1. The maximum atomic E-state index is 12.1. The van der Waals surface area contributed by atoms with E-state index < -0.39 is 0 Å². The van der Waals surface area contributed by atoms with Crippen LogP contribution in [0, 0.1) is 32.1 Å². The molecule has 1 aliphatic carbocycles. The number of nitrogens with one attached hydrogen (secondary N) is 2. The average molecular weight is 411 g/mol. The molecule has 0 spiro atoms. The fourth-order valence-electron chi connectivity index (χ4n) is 3.45. The van der Waals surface area contributed by atoms with Crippen molar-refractivity contribution in [3.05, 3.63) is 74.0 Å². The number of nitrogens with zero attached hydrogens (tertiary/aromatic N) is 1. The molecule has 0 aliphatic heterocycles. The van der Waals surface area contributed by atoms with Crippen molar-refractivity contribution in [3.63, 3.8) is 0 Å². The van der Waals surface area contributed by atoms with Crippen LogP contribution in [0.3, 0.4) is 0 Å². The molecule has 0 bridgehead atoms. The largest absolute Gasteiger partial charge is 1.00 e. The van der Waals surface area contributed by atoms with Crippen LogP contribution in [-0.2, 0) is 4.79 Å². The van der Waals surface area contributed by atoms with Crippen LogP contribution in [0.1, 0.15) is 35.4 Å². The van der Waals surface area contributed by atoms with E-state index in [1.165, 1.54) is 5.56 Å². The number of anilines is 1. The van der Waals surface area contributed by atoms with E-state index >= 15 is 0 Å². The van der Waals surface area contributed by atoms with Gasteiger partial charge in [0.15, 0.2) is 11.3 Å². The Morgan fingerprint density at radius 1 is 1.26 bits per heavy atom. The summed E-state index contributed by atoms with van der Waals surface area (Å²) in [4.78, 5) is 25.9. The number of hydrogen-bond donors (Lipinski definition) is 2. The van der Waals surface area contributed by atoms with E-state index in [1.807, 2.05) is 37.3 Å². The van der Waals surface area contributed by atoms with E-state index in [4.69, 9.17) is 4.42 Å². The summed E-state index contributed by atoms with van der Waals surface area (Å²) in [5, 5.41) is 6.26. The number of aryl methyl sites for hydroxylation is 1. The van der Waals surface area contributed by atoms with Crippen molar-refractivity contribution in [3.8, 4) is 0 Å². The number of carbonyl (C=O) groups excluding carboxylic acids is 2. The molecule has 1 unspecified atom stereocenters. The number of pyridine rings is 1. The summed E-state index contributed by atoms with van der Waals surface area (Å²) in [6.45, 7) is 10.6. The molecule has 4 rings (SSSR count). The quantitative estimate of drug-likeness (QED) is 0.351. The Morgan fingerprint density at radius 3 is 2.55 bits per heavy atom. The van der Waals surface area contributed by atoms with E-state index in [0.717, 1.165) is 30.3 Å². The molecule has 6 nitrogen and oxygen atoms in total.